The van der Waals surface area contributed by atoms with Gasteiger partial charge in [0.15, 0.2) is 0 Å². The number of nitrogens with one attached hydrogen (secondary N) is 1. The Bertz CT molecular complexity index is 537. The van der Waals surface area contributed by atoms with Gasteiger partial charge in [-0.1, -0.05) is 11.4 Å². The number of nitrogens with zero attached hydrogens (tertiary/aromatic N) is 5. The number of anilines is 1. The van der Waals surface area contributed by atoms with E-state index in [1.54, 1.807) is 4.57 Å². The first kappa shape index (κ1) is 12.4. The van der Waals surface area contributed by atoms with Crippen LogP contribution in [0.5, 0.6) is 0 Å². The Labute approximate surface area is 107 Å². The van der Waals surface area contributed by atoms with Crippen LogP contribution in [0, 0.1) is 10.1 Å². The predicted molar refractivity (Wildman–Crippen MR) is 66.7 cm³/mol. The lowest BCUT2D eigenvalue weighted by Gasteiger charge is -2.02. The summed E-state index contributed by atoms with van der Waals surface area (Å²) in [6.45, 7) is 3.34. The molecular formula is C9H12N6O2S. The average molecular weight is 268 g/mol. The normalized spacial score (nSPS) is 10.5. The number of nitro groups is 1. The van der Waals surface area contributed by atoms with E-state index in [4.69, 9.17) is 0 Å². The molecule has 0 saturated heterocycles. The molecule has 9 heteroatoms. The molecule has 0 saturated carbocycles. The fraction of sp³-hybridized carbons (Fsp3) is 0.444. The standard InChI is InChI=1S/C9H12N6O2S/c1-2-3-10-9-7(12-13-18-9)4-14-5-8(11-6-14)15(16)17/h5-6,10H,2-4H2,1H3. The fourth-order valence-corrected chi connectivity index (χ4v) is 1.99. The minimum Gasteiger partial charge on any atom is -0.374 e. The van der Waals surface area contributed by atoms with Crippen LogP contribution in [0.2, 0.25) is 0 Å². The van der Waals surface area contributed by atoms with Gasteiger partial charge >= 0.3 is 5.82 Å². The van der Waals surface area contributed by atoms with E-state index in [9.17, 15) is 10.1 Å². The summed E-state index contributed by atoms with van der Waals surface area (Å²) in [7, 11) is 0. The molecule has 0 aliphatic carbocycles. The molecule has 2 heterocycles. The van der Waals surface area contributed by atoms with Crippen molar-refractivity contribution in [3.8, 4) is 0 Å². The summed E-state index contributed by atoms with van der Waals surface area (Å²) in [6.07, 6.45) is 3.80. The van der Waals surface area contributed by atoms with E-state index in [2.05, 4.69) is 26.8 Å². The monoisotopic (exact) mass is 268 g/mol. The van der Waals surface area contributed by atoms with Gasteiger partial charge in [0.1, 0.15) is 16.9 Å². The molecule has 96 valence electrons. The van der Waals surface area contributed by atoms with Gasteiger partial charge in [-0.25, -0.2) is 0 Å². The molecule has 0 aromatic carbocycles. The van der Waals surface area contributed by atoms with Crippen LogP contribution in [0.4, 0.5) is 10.8 Å². The fourth-order valence-electron chi connectivity index (χ4n) is 1.39. The van der Waals surface area contributed by atoms with Gasteiger partial charge in [0.25, 0.3) is 0 Å². The minimum atomic E-state index is -0.522. The highest BCUT2D eigenvalue weighted by Crippen LogP contribution is 2.19. The molecule has 0 aliphatic heterocycles. The molecule has 2 aromatic rings. The minimum absolute atomic E-state index is 0.166. The molecule has 0 unspecified atom stereocenters. The molecule has 0 aliphatic rings. The summed E-state index contributed by atoms with van der Waals surface area (Å²) in [5.41, 5.74) is 0.765. The summed E-state index contributed by atoms with van der Waals surface area (Å²) >= 11 is 1.28. The van der Waals surface area contributed by atoms with Crippen molar-refractivity contribution < 1.29 is 4.92 Å². The van der Waals surface area contributed by atoms with Crippen LogP contribution in [0.1, 0.15) is 19.0 Å². The average Bonchev–Trinajstić information content (AvgIpc) is 2.96. The first-order valence-corrected chi connectivity index (χ1v) is 6.19. The van der Waals surface area contributed by atoms with Crippen molar-refractivity contribution in [3.63, 3.8) is 0 Å². The zero-order valence-electron chi connectivity index (χ0n) is 9.74. The van der Waals surface area contributed by atoms with E-state index in [0.717, 1.165) is 23.7 Å². The van der Waals surface area contributed by atoms with Crippen molar-refractivity contribution in [2.24, 2.45) is 0 Å². The van der Waals surface area contributed by atoms with E-state index in [-0.39, 0.29) is 5.82 Å². The molecule has 2 aromatic heterocycles. The second kappa shape index (κ2) is 5.54. The van der Waals surface area contributed by atoms with Crippen LogP contribution in [0.25, 0.3) is 0 Å². The summed E-state index contributed by atoms with van der Waals surface area (Å²) in [6, 6.07) is 0. The smallest absolute Gasteiger partial charge is 0.374 e. The second-order valence-electron chi connectivity index (χ2n) is 3.64. The van der Waals surface area contributed by atoms with Gasteiger partial charge < -0.3 is 20.0 Å². The first-order valence-electron chi connectivity index (χ1n) is 5.42. The number of aromatic nitrogens is 4. The molecule has 0 atom stereocenters. The molecule has 0 amide bonds. The highest BCUT2D eigenvalue weighted by molar-refractivity contribution is 7.10. The third kappa shape index (κ3) is 2.80. The van der Waals surface area contributed by atoms with Gasteiger partial charge in [-0.3, -0.25) is 0 Å². The van der Waals surface area contributed by atoms with Gasteiger partial charge in [0.2, 0.25) is 6.33 Å². The number of rotatable bonds is 6. The lowest BCUT2D eigenvalue weighted by molar-refractivity contribution is -0.389. The molecule has 0 fully saturated rings. The maximum Gasteiger partial charge on any atom is 0.381 e. The van der Waals surface area contributed by atoms with Crippen LogP contribution >= 0.6 is 11.5 Å². The second-order valence-corrected chi connectivity index (χ2v) is 4.39. The van der Waals surface area contributed by atoms with Crippen molar-refractivity contribution >= 4 is 22.4 Å². The Morgan fingerprint density at radius 3 is 3.11 bits per heavy atom. The lowest BCUT2D eigenvalue weighted by Crippen LogP contribution is -2.04. The van der Waals surface area contributed by atoms with Gasteiger partial charge in [0.05, 0.1) is 6.54 Å². The lowest BCUT2D eigenvalue weighted by atomic mass is 10.4. The maximum atomic E-state index is 10.5. The maximum absolute atomic E-state index is 10.5. The highest BCUT2D eigenvalue weighted by atomic mass is 32.1. The Morgan fingerprint density at radius 1 is 1.61 bits per heavy atom. The molecular weight excluding hydrogens is 256 g/mol. The topological polar surface area (TPSA) is 98.8 Å². The molecule has 0 bridgehead atoms. The number of imidazole rings is 1. The highest BCUT2D eigenvalue weighted by Gasteiger charge is 2.13. The van der Waals surface area contributed by atoms with Crippen molar-refractivity contribution in [3.05, 3.63) is 28.3 Å². The molecule has 0 spiro atoms. The van der Waals surface area contributed by atoms with E-state index >= 15 is 0 Å². The van der Waals surface area contributed by atoms with Crippen LogP contribution in [0.3, 0.4) is 0 Å². The molecule has 18 heavy (non-hydrogen) atoms. The number of hydrogen-bond donors (Lipinski definition) is 1. The van der Waals surface area contributed by atoms with E-state index in [0.29, 0.717) is 6.54 Å². The van der Waals surface area contributed by atoms with E-state index in [1.165, 1.54) is 24.1 Å². The first-order chi connectivity index (χ1) is 8.70. The SMILES string of the molecule is CCCNc1snnc1Cn1cnc([N+](=O)[O-])c1. The van der Waals surface area contributed by atoms with Gasteiger partial charge in [-0.2, -0.15) is 0 Å². The summed E-state index contributed by atoms with van der Waals surface area (Å²) in [5.74, 6) is -0.166. The zero-order chi connectivity index (χ0) is 13.0. The third-order valence-corrected chi connectivity index (χ3v) is 2.96. The zero-order valence-corrected chi connectivity index (χ0v) is 10.6. The van der Waals surface area contributed by atoms with Crippen LogP contribution < -0.4 is 5.32 Å². The largest absolute Gasteiger partial charge is 0.381 e. The molecule has 1 N–H and O–H groups in total. The Balaban J connectivity index is 2.08. The third-order valence-electron chi connectivity index (χ3n) is 2.23. The van der Waals surface area contributed by atoms with Crippen LogP contribution in [0.15, 0.2) is 12.5 Å². The molecule has 0 radical (unpaired) electrons. The summed E-state index contributed by atoms with van der Waals surface area (Å²) < 4.78 is 5.49. The predicted octanol–water partition coefficient (Wildman–Crippen LogP) is 1.51. The quantitative estimate of drug-likeness (QED) is 0.629. The van der Waals surface area contributed by atoms with Crippen molar-refractivity contribution in [1.82, 2.24) is 19.1 Å². The number of hydrogen-bond acceptors (Lipinski definition) is 7. The molecule has 2 rings (SSSR count). The summed E-state index contributed by atoms with van der Waals surface area (Å²) in [5, 5.41) is 18.6. The van der Waals surface area contributed by atoms with E-state index in [1.807, 2.05) is 0 Å². The van der Waals surface area contributed by atoms with Crippen molar-refractivity contribution in [1.29, 1.82) is 0 Å². The van der Waals surface area contributed by atoms with Crippen molar-refractivity contribution in [2.75, 3.05) is 11.9 Å². The Kier molecular flexibility index (Phi) is 3.82. The Hall–Kier alpha value is -2.03. The van der Waals surface area contributed by atoms with E-state index < -0.39 is 4.92 Å². The van der Waals surface area contributed by atoms with Gasteiger partial charge in [0, 0.05) is 18.1 Å². The van der Waals surface area contributed by atoms with Crippen LogP contribution in [-0.2, 0) is 6.54 Å². The molecule has 8 nitrogen and oxygen atoms in total. The van der Waals surface area contributed by atoms with Crippen molar-refractivity contribution in [2.45, 2.75) is 19.9 Å². The van der Waals surface area contributed by atoms with Crippen LogP contribution in [-0.4, -0.2) is 30.6 Å². The summed E-state index contributed by atoms with van der Waals surface area (Å²) in [4.78, 5) is 13.7. The van der Waals surface area contributed by atoms with Gasteiger partial charge in [-0.15, -0.1) is 5.10 Å². The van der Waals surface area contributed by atoms with Gasteiger partial charge in [-0.05, 0) is 16.3 Å². The Morgan fingerprint density at radius 2 is 2.44 bits per heavy atom.